The number of aliphatic hydroxyl groups excluding tert-OH is 1. The Bertz CT molecular complexity index is 998. The van der Waals surface area contributed by atoms with E-state index in [-0.39, 0.29) is 31.5 Å². The van der Waals surface area contributed by atoms with Crippen molar-refractivity contribution < 1.29 is 14.6 Å². The van der Waals surface area contributed by atoms with E-state index in [1.54, 1.807) is 23.5 Å². The molecule has 0 unspecified atom stereocenters. The Morgan fingerprint density at radius 1 is 1.37 bits per heavy atom. The van der Waals surface area contributed by atoms with Crippen LogP contribution < -0.4 is 16.0 Å². The van der Waals surface area contributed by atoms with Gasteiger partial charge in [-0.3, -0.25) is 4.79 Å². The molecule has 0 aliphatic carbocycles. The Morgan fingerprint density at radius 2 is 2.23 bits per heavy atom. The Balaban J connectivity index is 0.00000256. The zero-order chi connectivity index (χ0) is 20.2. The average molecular weight is 453 g/mol. The fourth-order valence-electron chi connectivity index (χ4n) is 3.23. The molecule has 1 aliphatic rings. The molecule has 0 bridgehead atoms. The van der Waals surface area contributed by atoms with Crippen LogP contribution >= 0.6 is 23.7 Å². The largest absolute Gasteiger partial charge is 0.394 e. The van der Waals surface area contributed by atoms with Gasteiger partial charge >= 0.3 is 0 Å². The molecule has 2 aromatic heterocycles. The number of nitrogens with zero attached hydrogens (tertiary/aromatic N) is 3. The van der Waals surface area contributed by atoms with Gasteiger partial charge in [0.2, 0.25) is 5.95 Å². The maximum absolute atomic E-state index is 12.3. The van der Waals surface area contributed by atoms with Gasteiger partial charge in [0.25, 0.3) is 5.91 Å². The Morgan fingerprint density at radius 3 is 3.03 bits per heavy atom. The molecule has 0 radical (unpaired) electrons. The van der Waals surface area contributed by atoms with Crippen molar-refractivity contribution in [2.75, 3.05) is 38.2 Å². The molecule has 3 heterocycles. The molecular weight excluding hydrogens is 428 g/mol. The fourth-order valence-corrected chi connectivity index (χ4v) is 4.20. The molecule has 0 spiro atoms. The third-order valence-electron chi connectivity index (χ3n) is 4.73. The van der Waals surface area contributed by atoms with Crippen molar-refractivity contribution in [1.82, 2.24) is 25.2 Å². The molecule has 1 amide bonds. The van der Waals surface area contributed by atoms with E-state index in [9.17, 15) is 4.79 Å². The van der Waals surface area contributed by atoms with Gasteiger partial charge in [-0.2, -0.15) is 0 Å². The summed E-state index contributed by atoms with van der Waals surface area (Å²) in [5.41, 5.74) is 3.36. The van der Waals surface area contributed by atoms with E-state index in [1.807, 2.05) is 17.7 Å². The number of aromatic nitrogens is 3. The highest BCUT2D eigenvalue weighted by atomic mass is 35.5. The summed E-state index contributed by atoms with van der Waals surface area (Å²) in [7, 11) is 1.94. The van der Waals surface area contributed by atoms with E-state index in [0.717, 1.165) is 41.4 Å². The summed E-state index contributed by atoms with van der Waals surface area (Å²) in [5.74, 6) is 0.508. The monoisotopic (exact) mass is 452 g/mol. The summed E-state index contributed by atoms with van der Waals surface area (Å²) in [6.07, 6.45) is 0.944. The molecule has 3 aromatic rings. The number of hydrogen-bond acceptors (Lipinski definition) is 8. The number of carbonyl (C=O) groups excluding carboxylic acids is 1. The van der Waals surface area contributed by atoms with Crippen LogP contribution in [-0.4, -0.2) is 58.5 Å². The summed E-state index contributed by atoms with van der Waals surface area (Å²) < 4.78 is 7.10. The van der Waals surface area contributed by atoms with Crippen LogP contribution in [0.5, 0.6) is 0 Å². The lowest BCUT2D eigenvalue weighted by atomic mass is 10.2. The van der Waals surface area contributed by atoms with Crippen LogP contribution in [0, 0.1) is 0 Å². The number of ether oxygens (including phenoxy) is 1. The summed E-state index contributed by atoms with van der Waals surface area (Å²) in [4.78, 5) is 22.9. The van der Waals surface area contributed by atoms with Gasteiger partial charge < -0.3 is 30.4 Å². The second kappa shape index (κ2) is 10.2. The number of hydrogen-bond donors (Lipinski definition) is 4. The van der Waals surface area contributed by atoms with Crippen LogP contribution in [0.15, 0.2) is 18.2 Å². The normalized spacial score (nSPS) is 13.0. The molecule has 1 aromatic carbocycles. The van der Waals surface area contributed by atoms with Crippen molar-refractivity contribution in [1.29, 1.82) is 0 Å². The molecule has 4 rings (SSSR count). The predicted octanol–water partition coefficient (Wildman–Crippen LogP) is 1.58. The number of halogens is 1. The van der Waals surface area contributed by atoms with Crippen molar-refractivity contribution >= 4 is 51.8 Å². The number of thiazole rings is 1. The van der Waals surface area contributed by atoms with E-state index < -0.39 is 0 Å². The smallest absolute Gasteiger partial charge is 0.251 e. The lowest BCUT2D eigenvalue weighted by Gasteiger charge is -2.09. The van der Waals surface area contributed by atoms with Crippen molar-refractivity contribution in [2.24, 2.45) is 7.05 Å². The van der Waals surface area contributed by atoms with Crippen LogP contribution in [0.1, 0.15) is 20.9 Å². The first kappa shape index (κ1) is 22.4. The zero-order valence-electron chi connectivity index (χ0n) is 16.6. The molecule has 0 saturated heterocycles. The first-order valence-corrected chi connectivity index (χ1v) is 10.4. The summed E-state index contributed by atoms with van der Waals surface area (Å²) in [6.45, 7) is 2.81. The van der Waals surface area contributed by atoms with Crippen molar-refractivity contribution in [3.05, 3.63) is 34.3 Å². The number of carbonyl (C=O) groups is 1. The summed E-state index contributed by atoms with van der Waals surface area (Å²) in [6, 6.07) is 5.45. The average Bonchev–Trinajstić information content (AvgIpc) is 3.28. The van der Waals surface area contributed by atoms with Crippen LogP contribution in [-0.2, 0) is 24.8 Å². The van der Waals surface area contributed by atoms with Gasteiger partial charge in [0.1, 0.15) is 0 Å². The number of anilines is 2. The molecule has 11 heteroatoms. The molecule has 9 nitrogen and oxygen atoms in total. The molecule has 0 atom stereocenters. The first-order valence-electron chi connectivity index (χ1n) is 9.55. The van der Waals surface area contributed by atoms with Gasteiger partial charge in [-0.05, 0) is 18.2 Å². The molecule has 0 saturated carbocycles. The summed E-state index contributed by atoms with van der Waals surface area (Å²) in [5, 5.41) is 19.0. The van der Waals surface area contributed by atoms with Gasteiger partial charge in [-0.1, -0.05) is 0 Å². The quantitative estimate of drug-likeness (QED) is 0.384. The number of rotatable bonds is 8. The third-order valence-corrected chi connectivity index (χ3v) is 5.74. The first-order chi connectivity index (χ1) is 14.2. The van der Waals surface area contributed by atoms with Crippen molar-refractivity contribution in [3.63, 3.8) is 0 Å². The number of imidazole rings is 1. The molecule has 1 aliphatic heterocycles. The maximum atomic E-state index is 12.3. The molecule has 4 N–H and O–H groups in total. The van der Waals surface area contributed by atoms with Crippen LogP contribution in [0.2, 0.25) is 0 Å². The minimum absolute atomic E-state index is 0. The maximum Gasteiger partial charge on any atom is 0.251 e. The highest BCUT2D eigenvalue weighted by Crippen LogP contribution is 2.29. The van der Waals surface area contributed by atoms with E-state index >= 15 is 0 Å². The Labute approximate surface area is 184 Å². The van der Waals surface area contributed by atoms with Crippen LogP contribution in [0.4, 0.5) is 11.1 Å². The van der Waals surface area contributed by atoms with E-state index in [1.165, 1.54) is 4.88 Å². The molecule has 30 heavy (non-hydrogen) atoms. The van der Waals surface area contributed by atoms with Crippen LogP contribution in [0.3, 0.4) is 0 Å². The summed E-state index contributed by atoms with van der Waals surface area (Å²) >= 11 is 1.64. The van der Waals surface area contributed by atoms with Crippen molar-refractivity contribution in [3.8, 4) is 0 Å². The molecular formula is C19H25ClN6O3S. The lowest BCUT2D eigenvalue weighted by Crippen LogP contribution is -2.27. The second-order valence-electron chi connectivity index (χ2n) is 6.73. The predicted molar refractivity (Wildman–Crippen MR) is 119 cm³/mol. The molecule has 0 fully saturated rings. The minimum Gasteiger partial charge on any atom is -0.394 e. The number of aryl methyl sites for hydroxylation is 1. The van der Waals surface area contributed by atoms with Gasteiger partial charge in [0.05, 0.1) is 36.5 Å². The van der Waals surface area contributed by atoms with Crippen molar-refractivity contribution in [2.45, 2.75) is 13.0 Å². The lowest BCUT2D eigenvalue weighted by molar-refractivity contribution is 0.0838. The van der Waals surface area contributed by atoms with Gasteiger partial charge in [0, 0.05) is 43.5 Å². The standard InChI is InChI=1S/C19H24N6O3S.ClH/c1-25-15-3-2-12(17(27)21-6-8-28-9-7-26)10-14(15)22-18(25)24-19-23-13-4-5-20-11-16(13)29-19;/h2-3,10,20,26H,4-9,11H2,1H3,(H,21,27)(H,22,23,24);1H. The topological polar surface area (TPSA) is 113 Å². The van der Waals surface area contributed by atoms with Crippen LogP contribution in [0.25, 0.3) is 11.0 Å². The van der Waals surface area contributed by atoms with Gasteiger partial charge in [0.15, 0.2) is 5.13 Å². The second-order valence-corrected chi connectivity index (χ2v) is 7.81. The van der Waals surface area contributed by atoms with E-state index in [2.05, 4.69) is 25.9 Å². The highest BCUT2D eigenvalue weighted by Gasteiger charge is 2.17. The van der Waals surface area contributed by atoms with E-state index in [4.69, 9.17) is 9.84 Å². The number of fused-ring (bicyclic) bond motifs is 2. The number of nitrogens with one attached hydrogen (secondary N) is 3. The SMILES string of the molecule is Cl.Cn1c(Nc2nc3c(s2)CNCC3)nc2cc(C(=O)NCCOCCO)ccc21. The Kier molecular flexibility index (Phi) is 7.62. The number of benzene rings is 1. The zero-order valence-corrected chi connectivity index (χ0v) is 18.2. The van der Waals surface area contributed by atoms with Gasteiger partial charge in [-0.25, -0.2) is 9.97 Å². The fraction of sp³-hybridized carbons (Fsp3) is 0.421. The number of amides is 1. The number of aliphatic hydroxyl groups is 1. The Hall–Kier alpha value is -2.24. The third kappa shape index (κ3) is 4.90. The highest BCUT2D eigenvalue weighted by molar-refractivity contribution is 7.15. The molecule has 162 valence electrons. The van der Waals surface area contributed by atoms with Gasteiger partial charge in [-0.15, -0.1) is 23.7 Å². The van der Waals surface area contributed by atoms with E-state index in [0.29, 0.717) is 24.7 Å². The minimum atomic E-state index is -0.181.